The third-order valence-electron chi connectivity index (χ3n) is 7.33. The predicted molar refractivity (Wildman–Crippen MR) is 153 cm³/mol. The Morgan fingerprint density at radius 2 is 1.79 bits per heavy atom. The number of hydrogen-bond acceptors (Lipinski definition) is 4. The van der Waals surface area contributed by atoms with Crippen LogP contribution in [0, 0.1) is 0 Å². The van der Waals surface area contributed by atoms with E-state index in [1.807, 2.05) is 67.7 Å². The van der Waals surface area contributed by atoms with Gasteiger partial charge in [-0.1, -0.05) is 55.0 Å². The monoisotopic (exact) mass is 532 g/mol. The fraction of sp³-hybridized carbons (Fsp3) is 0.433. The minimum absolute atomic E-state index is 0.119. The second-order valence-electron chi connectivity index (χ2n) is 10.3. The van der Waals surface area contributed by atoms with Gasteiger partial charge in [-0.05, 0) is 43.5 Å². The number of unbranched alkanes of at least 4 members (excludes halogenated alkanes) is 2. The van der Waals surface area contributed by atoms with Gasteiger partial charge >= 0.3 is 6.03 Å². The van der Waals surface area contributed by atoms with Crippen LogP contribution in [0.25, 0.3) is 10.9 Å². The SMILES string of the molecule is CC1CN(C(=O)C(Cc2c[nH]c3ccccc23)NC(=O)CCCCCN)CCN1C(=O)NCc1ccccc1. The molecule has 2 atom stereocenters. The first-order valence-corrected chi connectivity index (χ1v) is 13.9. The lowest BCUT2D eigenvalue weighted by atomic mass is 10.0. The number of amides is 4. The Hall–Kier alpha value is -3.85. The number of benzene rings is 2. The number of nitrogens with zero attached hydrogens (tertiary/aromatic N) is 2. The lowest BCUT2D eigenvalue weighted by Gasteiger charge is -2.41. The Kier molecular flexibility index (Phi) is 9.97. The minimum atomic E-state index is -0.683. The van der Waals surface area contributed by atoms with Crippen LogP contribution in [0.2, 0.25) is 0 Å². The second-order valence-corrected chi connectivity index (χ2v) is 10.3. The molecule has 1 fully saturated rings. The van der Waals surface area contributed by atoms with E-state index in [4.69, 9.17) is 5.73 Å². The molecule has 0 spiro atoms. The van der Waals surface area contributed by atoms with Crippen molar-refractivity contribution >= 4 is 28.7 Å². The van der Waals surface area contributed by atoms with Crippen LogP contribution in [-0.4, -0.2) is 70.9 Å². The predicted octanol–water partition coefficient (Wildman–Crippen LogP) is 3.16. The van der Waals surface area contributed by atoms with Crippen molar-refractivity contribution in [2.75, 3.05) is 26.2 Å². The number of para-hydroxylation sites is 1. The van der Waals surface area contributed by atoms with Gasteiger partial charge < -0.3 is 31.2 Å². The standard InChI is InChI=1S/C30H40N6O3/c1-22-21-35(16-17-36(22)30(39)33-19-23-10-4-2-5-11-23)29(38)27(34-28(37)14-6-3-9-15-31)18-24-20-32-26-13-8-7-12-25(24)26/h2,4-5,7-8,10-13,20,22,27,32H,3,6,9,14-19,21,31H2,1H3,(H,33,39)(H,34,37). The number of carbonyl (C=O) groups is 3. The lowest BCUT2D eigenvalue weighted by molar-refractivity contribution is -0.138. The molecule has 0 saturated carbocycles. The zero-order chi connectivity index (χ0) is 27.6. The molecule has 1 saturated heterocycles. The maximum Gasteiger partial charge on any atom is 0.318 e. The van der Waals surface area contributed by atoms with Gasteiger partial charge in [0.05, 0.1) is 0 Å². The molecular weight excluding hydrogens is 492 g/mol. The highest BCUT2D eigenvalue weighted by atomic mass is 16.2. The molecule has 39 heavy (non-hydrogen) atoms. The summed E-state index contributed by atoms with van der Waals surface area (Å²) in [5, 5.41) is 7.04. The van der Waals surface area contributed by atoms with Gasteiger partial charge in [0.15, 0.2) is 0 Å². The first-order chi connectivity index (χ1) is 19.0. The summed E-state index contributed by atoms with van der Waals surface area (Å²) in [5.74, 6) is -0.246. The molecule has 2 heterocycles. The smallest absolute Gasteiger partial charge is 0.318 e. The number of urea groups is 1. The third kappa shape index (κ3) is 7.60. The van der Waals surface area contributed by atoms with Crippen molar-refractivity contribution in [3.63, 3.8) is 0 Å². The number of fused-ring (bicyclic) bond motifs is 1. The molecule has 2 unspecified atom stereocenters. The van der Waals surface area contributed by atoms with Gasteiger partial charge in [0.2, 0.25) is 11.8 Å². The van der Waals surface area contributed by atoms with Crippen LogP contribution in [0.15, 0.2) is 60.8 Å². The Morgan fingerprint density at radius 1 is 1.03 bits per heavy atom. The summed E-state index contributed by atoms with van der Waals surface area (Å²) >= 11 is 0. The van der Waals surface area contributed by atoms with Crippen LogP contribution in [0.1, 0.15) is 43.7 Å². The van der Waals surface area contributed by atoms with Crippen molar-refractivity contribution in [1.82, 2.24) is 25.4 Å². The molecule has 3 aromatic rings. The van der Waals surface area contributed by atoms with Crippen LogP contribution in [0.5, 0.6) is 0 Å². The number of nitrogens with one attached hydrogen (secondary N) is 3. The number of hydrogen-bond donors (Lipinski definition) is 4. The van der Waals surface area contributed by atoms with E-state index in [2.05, 4.69) is 15.6 Å². The second kappa shape index (κ2) is 13.8. The van der Waals surface area contributed by atoms with Crippen LogP contribution < -0.4 is 16.4 Å². The maximum atomic E-state index is 13.8. The number of piperazine rings is 1. The Labute approximate surface area is 230 Å². The van der Waals surface area contributed by atoms with Crippen molar-refractivity contribution in [3.05, 3.63) is 71.9 Å². The van der Waals surface area contributed by atoms with Crippen LogP contribution in [0.4, 0.5) is 4.79 Å². The van der Waals surface area contributed by atoms with Crippen LogP contribution in [0.3, 0.4) is 0 Å². The normalized spacial score (nSPS) is 16.2. The average Bonchev–Trinajstić information content (AvgIpc) is 3.36. The highest BCUT2D eigenvalue weighted by Gasteiger charge is 2.33. The van der Waals surface area contributed by atoms with E-state index in [1.165, 1.54) is 0 Å². The highest BCUT2D eigenvalue weighted by Crippen LogP contribution is 2.21. The van der Waals surface area contributed by atoms with Gasteiger partial charge in [0.1, 0.15) is 6.04 Å². The summed E-state index contributed by atoms with van der Waals surface area (Å²) in [4.78, 5) is 46.3. The van der Waals surface area contributed by atoms with E-state index in [0.29, 0.717) is 45.6 Å². The number of carbonyl (C=O) groups excluding carboxylic acids is 3. The van der Waals surface area contributed by atoms with Gasteiger partial charge in [0.25, 0.3) is 0 Å². The molecule has 9 heteroatoms. The summed E-state index contributed by atoms with van der Waals surface area (Å²) < 4.78 is 0. The summed E-state index contributed by atoms with van der Waals surface area (Å²) in [6.07, 6.45) is 5.18. The molecule has 208 valence electrons. The average molecular weight is 533 g/mol. The van der Waals surface area contributed by atoms with Crippen molar-refractivity contribution in [2.45, 2.75) is 57.7 Å². The largest absolute Gasteiger partial charge is 0.361 e. The molecule has 1 aromatic heterocycles. The molecule has 0 radical (unpaired) electrons. The molecule has 5 N–H and O–H groups in total. The van der Waals surface area contributed by atoms with E-state index in [1.54, 1.807) is 9.80 Å². The minimum Gasteiger partial charge on any atom is -0.361 e. The maximum absolute atomic E-state index is 13.8. The Bertz CT molecular complexity index is 1240. The van der Waals surface area contributed by atoms with Gasteiger partial charge in [-0.3, -0.25) is 9.59 Å². The molecule has 1 aliphatic heterocycles. The number of aromatic nitrogens is 1. The van der Waals surface area contributed by atoms with E-state index < -0.39 is 6.04 Å². The van der Waals surface area contributed by atoms with Gasteiger partial charge in [0, 0.05) is 62.2 Å². The van der Waals surface area contributed by atoms with Gasteiger partial charge in [-0.25, -0.2) is 4.79 Å². The van der Waals surface area contributed by atoms with E-state index in [9.17, 15) is 14.4 Å². The summed E-state index contributed by atoms with van der Waals surface area (Å²) in [5.41, 5.74) is 8.59. The van der Waals surface area contributed by atoms with E-state index in [0.717, 1.165) is 41.3 Å². The topological polar surface area (TPSA) is 124 Å². The summed E-state index contributed by atoms with van der Waals surface area (Å²) in [6.45, 7) is 4.27. The number of nitrogens with two attached hydrogens (primary N) is 1. The zero-order valence-electron chi connectivity index (χ0n) is 22.7. The molecule has 0 bridgehead atoms. The van der Waals surface area contributed by atoms with Gasteiger partial charge in [-0.15, -0.1) is 0 Å². The Morgan fingerprint density at radius 3 is 2.56 bits per heavy atom. The van der Waals surface area contributed by atoms with E-state index >= 15 is 0 Å². The molecule has 4 amide bonds. The van der Waals surface area contributed by atoms with Crippen molar-refractivity contribution < 1.29 is 14.4 Å². The van der Waals surface area contributed by atoms with Crippen LogP contribution in [-0.2, 0) is 22.6 Å². The number of H-pyrrole nitrogens is 1. The molecular formula is C30H40N6O3. The summed E-state index contributed by atoms with van der Waals surface area (Å²) in [7, 11) is 0. The summed E-state index contributed by atoms with van der Waals surface area (Å²) in [6, 6.07) is 16.8. The third-order valence-corrected chi connectivity index (χ3v) is 7.33. The number of aromatic amines is 1. The molecule has 2 aromatic carbocycles. The lowest BCUT2D eigenvalue weighted by Crippen LogP contribution is -2.60. The highest BCUT2D eigenvalue weighted by molar-refractivity contribution is 5.90. The molecule has 1 aliphatic rings. The number of rotatable bonds is 11. The van der Waals surface area contributed by atoms with Crippen molar-refractivity contribution in [2.24, 2.45) is 5.73 Å². The van der Waals surface area contributed by atoms with Crippen LogP contribution >= 0.6 is 0 Å². The first-order valence-electron chi connectivity index (χ1n) is 13.9. The van der Waals surface area contributed by atoms with Crippen molar-refractivity contribution in [1.29, 1.82) is 0 Å². The molecule has 0 aliphatic carbocycles. The Balaban J connectivity index is 1.39. The quantitative estimate of drug-likeness (QED) is 0.283. The fourth-order valence-corrected chi connectivity index (χ4v) is 5.15. The first kappa shape index (κ1) is 28.2. The molecule has 4 rings (SSSR count). The fourth-order valence-electron chi connectivity index (χ4n) is 5.15. The molecule has 9 nitrogen and oxygen atoms in total. The van der Waals surface area contributed by atoms with Gasteiger partial charge in [-0.2, -0.15) is 0 Å². The van der Waals surface area contributed by atoms with Crippen molar-refractivity contribution in [3.8, 4) is 0 Å². The van der Waals surface area contributed by atoms with E-state index in [-0.39, 0.29) is 23.9 Å². The zero-order valence-corrected chi connectivity index (χ0v) is 22.7.